The van der Waals surface area contributed by atoms with Gasteiger partial charge >= 0.3 is 7.76 Å². The van der Waals surface area contributed by atoms with E-state index in [1.54, 1.807) is 0 Å². The van der Waals surface area contributed by atoms with E-state index in [9.17, 15) is 13.0 Å². The van der Waals surface area contributed by atoms with E-state index in [1.807, 2.05) is 0 Å². The average molecular weight is 160 g/mol. The van der Waals surface area contributed by atoms with E-state index in [0.717, 1.165) is 0 Å². The minimum Gasteiger partial charge on any atom is -0.245 e. The summed E-state index contributed by atoms with van der Waals surface area (Å²) in [4.78, 5) is 0. The third-order valence-corrected chi connectivity index (χ3v) is 1.28. The van der Waals surface area contributed by atoms with Crippen molar-refractivity contribution in [1.82, 2.24) is 0 Å². The Bertz CT molecular complexity index is 145. The molecule has 0 aliphatic carbocycles. The van der Waals surface area contributed by atoms with Gasteiger partial charge in [-0.05, 0) is 6.92 Å². The van der Waals surface area contributed by atoms with Crippen LogP contribution < -0.4 is 0 Å². The van der Waals surface area contributed by atoms with Crippen molar-refractivity contribution in [2.24, 2.45) is 0 Å². The zero-order chi connectivity index (χ0) is 6.78. The van der Waals surface area contributed by atoms with Crippen molar-refractivity contribution in [2.45, 2.75) is 6.92 Å². The quantitative estimate of drug-likeness (QED) is 0.538. The molecule has 0 rings (SSSR count). The van der Waals surface area contributed by atoms with Crippen molar-refractivity contribution in [2.75, 3.05) is 0 Å². The second kappa shape index (κ2) is 2.60. The predicted molar refractivity (Wildman–Crippen MR) is 29.4 cm³/mol. The Kier molecular flexibility index (Phi) is 2.64. The largest absolute Gasteiger partial charge is 0.427 e. The van der Waals surface area contributed by atoms with Crippen LogP contribution in [0.15, 0.2) is 10.8 Å². The molecule has 0 aliphatic rings. The van der Waals surface area contributed by atoms with Crippen molar-refractivity contribution >= 4 is 19.4 Å². The van der Waals surface area contributed by atoms with Crippen LogP contribution in [0, 0.1) is 0 Å². The summed E-state index contributed by atoms with van der Waals surface area (Å²) in [6.45, 7) is 1.24. The smallest absolute Gasteiger partial charge is 0.245 e. The Morgan fingerprint density at radius 1 is 1.75 bits per heavy atom. The van der Waals surface area contributed by atoms with Crippen LogP contribution in [-0.4, -0.2) is 0 Å². The topological polar surface area (TPSA) is 17.1 Å². The van der Waals surface area contributed by atoms with Crippen LogP contribution in [0.4, 0.5) is 8.39 Å². The lowest BCUT2D eigenvalue weighted by Crippen LogP contribution is -1.55. The van der Waals surface area contributed by atoms with Gasteiger partial charge in [0.25, 0.3) is 0 Å². The molecule has 0 saturated carbocycles. The number of hydrogen-bond acceptors (Lipinski definition) is 1. The van der Waals surface area contributed by atoms with Gasteiger partial charge in [0.1, 0.15) is 0 Å². The molecule has 0 bridgehead atoms. The molecule has 48 valence electrons. The molecular weight excluding hydrogens is 156 g/mol. The molecule has 0 aromatic carbocycles. The highest BCUT2D eigenvalue weighted by atomic mass is 35.5. The van der Waals surface area contributed by atoms with Gasteiger partial charge in [-0.1, -0.05) is 11.6 Å². The molecule has 0 spiro atoms. The average Bonchev–Trinajstić information content (AvgIpc) is 1.21. The summed E-state index contributed by atoms with van der Waals surface area (Å²) >= 11 is 4.97. The first-order valence-corrected chi connectivity index (χ1v) is 3.69. The summed E-state index contributed by atoms with van der Waals surface area (Å²) in [6, 6.07) is 0. The third-order valence-electron chi connectivity index (χ3n) is 0.328. The molecule has 5 heteroatoms. The van der Waals surface area contributed by atoms with Crippen molar-refractivity contribution in [3.8, 4) is 0 Å². The molecule has 0 radical (unpaired) electrons. The maximum atomic E-state index is 11.4. The van der Waals surface area contributed by atoms with Gasteiger partial charge in [0.15, 0.2) is 0 Å². The first kappa shape index (κ1) is 8.12. The minimum atomic E-state index is -5.02. The zero-order valence-corrected chi connectivity index (χ0v) is 5.72. The Morgan fingerprint density at radius 2 is 2.12 bits per heavy atom. The summed E-state index contributed by atoms with van der Waals surface area (Å²) in [5.41, 5.74) is 0. The molecule has 0 aliphatic heterocycles. The summed E-state index contributed by atoms with van der Waals surface area (Å²) in [7, 11) is -5.02. The van der Waals surface area contributed by atoms with Crippen molar-refractivity contribution in [3.63, 3.8) is 0 Å². The lowest BCUT2D eigenvalue weighted by molar-refractivity contribution is 0.506. The maximum absolute atomic E-state index is 11.4. The Morgan fingerprint density at radius 3 is 2.12 bits per heavy atom. The van der Waals surface area contributed by atoms with Crippen molar-refractivity contribution in [3.05, 3.63) is 10.8 Å². The number of rotatable bonds is 1. The molecule has 0 atom stereocenters. The lowest BCUT2D eigenvalue weighted by atomic mass is 10.8. The zero-order valence-electron chi connectivity index (χ0n) is 4.07. The Balaban J connectivity index is 4.11. The highest BCUT2D eigenvalue weighted by Crippen LogP contribution is 2.51. The van der Waals surface area contributed by atoms with Gasteiger partial charge in [-0.25, -0.2) is 4.57 Å². The highest BCUT2D eigenvalue weighted by Gasteiger charge is 2.13. The monoisotopic (exact) mass is 160 g/mol. The Labute approximate surface area is 50.9 Å². The number of hydrogen-bond donors (Lipinski definition) is 0. The van der Waals surface area contributed by atoms with Crippen LogP contribution in [0.3, 0.4) is 0 Å². The molecule has 0 fully saturated rings. The van der Waals surface area contributed by atoms with Gasteiger partial charge in [-0.3, -0.25) is 0 Å². The molecule has 0 aromatic heterocycles. The minimum absolute atomic E-state index is 0.140. The van der Waals surface area contributed by atoms with Gasteiger partial charge in [-0.2, -0.15) is 0 Å². The second-order valence-electron chi connectivity index (χ2n) is 1.22. The van der Waals surface area contributed by atoms with Crippen LogP contribution in [-0.2, 0) is 4.57 Å². The fraction of sp³-hybridized carbons (Fsp3) is 0.333. The maximum Gasteiger partial charge on any atom is 0.427 e. The number of halogens is 3. The van der Waals surface area contributed by atoms with Crippen LogP contribution in [0.25, 0.3) is 0 Å². The highest BCUT2D eigenvalue weighted by molar-refractivity contribution is 7.56. The summed E-state index contributed by atoms with van der Waals surface area (Å²) in [5, 5.41) is -0.140. The third kappa shape index (κ3) is 6.12. The molecular formula is C3H4ClF2OP. The standard InChI is InChI=1S/C3H4ClF2OP/c1-3(4)2-8(5,6)7/h2H,1H3/b3-2+. The fourth-order valence-electron chi connectivity index (χ4n) is 0.207. The van der Waals surface area contributed by atoms with Crippen molar-refractivity contribution < 1.29 is 13.0 Å². The van der Waals surface area contributed by atoms with E-state index in [-0.39, 0.29) is 10.8 Å². The first-order chi connectivity index (χ1) is 3.42. The van der Waals surface area contributed by atoms with Gasteiger partial charge in [0, 0.05) is 5.03 Å². The molecule has 8 heavy (non-hydrogen) atoms. The molecule has 0 saturated heterocycles. The fourth-order valence-corrected chi connectivity index (χ4v) is 0.962. The van der Waals surface area contributed by atoms with E-state index in [4.69, 9.17) is 11.6 Å². The lowest BCUT2D eigenvalue weighted by Gasteiger charge is -1.85. The van der Waals surface area contributed by atoms with E-state index >= 15 is 0 Å². The molecule has 0 unspecified atom stereocenters. The normalized spacial score (nSPS) is 14.2. The van der Waals surface area contributed by atoms with Crippen LogP contribution >= 0.6 is 19.4 Å². The Hall–Kier alpha value is 0.120. The van der Waals surface area contributed by atoms with Crippen LogP contribution in [0.5, 0.6) is 0 Å². The molecule has 0 amide bonds. The first-order valence-electron chi connectivity index (χ1n) is 1.76. The van der Waals surface area contributed by atoms with Crippen LogP contribution in [0.2, 0.25) is 0 Å². The molecule has 0 aromatic rings. The van der Waals surface area contributed by atoms with Crippen molar-refractivity contribution in [1.29, 1.82) is 0 Å². The summed E-state index contributed by atoms with van der Waals surface area (Å²) in [5.74, 6) is 0.258. The van der Waals surface area contributed by atoms with E-state index < -0.39 is 7.76 Å². The summed E-state index contributed by atoms with van der Waals surface area (Å²) in [6.07, 6.45) is 0. The van der Waals surface area contributed by atoms with Gasteiger partial charge in [-0.15, -0.1) is 8.39 Å². The van der Waals surface area contributed by atoms with Gasteiger partial charge in [0.05, 0.1) is 5.82 Å². The second-order valence-corrected chi connectivity index (χ2v) is 3.08. The number of allylic oxidation sites excluding steroid dienone is 1. The van der Waals surface area contributed by atoms with Gasteiger partial charge < -0.3 is 0 Å². The van der Waals surface area contributed by atoms with E-state index in [2.05, 4.69) is 0 Å². The molecule has 1 nitrogen and oxygen atoms in total. The van der Waals surface area contributed by atoms with Crippen LogP contribution in [0.1, 0.15) is 6.92 Å². The van der Waals surface area contributed by atoms with E-state index in [0.29, 0.717) is 0 Å². The van der Waals surface area contributed by atoms with Gasteiger partial charge in [0.2, 0.25) is 0 Å². The molecule has 0 heterocycles. The molecule has 0 N–H and O–H groups in total. The van der Waals surface area contributed by atoms with E-state index in [1.165, 1.54) is 6.92 Å². The predicted octanol–water partition coefficient (Wildman–Crippen LogP) is 3.22. The SMILES string of the molecule is C/C(Cl)=C\P(=O)(F)F. The summed E-state index contributed by atoms with van der Waals surface area (Å²) < 4.78 is 32.3.